The minimum absolute atomic E-state index is 0.0198. The van der Waals surface area contributed by atoms with E-state index in [1.807, 2.05) is 0 Å². The van der Waals surface area contributed by atoms with Crippen molar-refractivity contribution in [1.29, 1.82) is 0 Å². The van der Waals surface area contributed by atoms with Crippen molar-refractivity contribution in [2.24, 2.45) is 0 Å². The summed E-state index contributed by atoms with van der Waals surface area (Å²) in [6.07, 6.45) is 0. The Labute approximate surface area is 152 Å². The van der Waals surface area contributed by atoms with Crippen LogP contribution in [-0.2, 0) is 6.54 Å². The number of carbonyl (C=O) groups excluding carboxylic acids is 2. The number of aryl methyl sites for hydroxylation is 2. The third-order valence-electron chi connectivity index (χ3n) is 4.35. The van der Waals surface area contributed by atoms with Gasteiger partial charge in [-0.3, -0.25) is 14.5 Å². The molecule has 1 aliphatic rings. The first-order valence-corrected chi connectivity index (χ1v) is 8.08. The van der Waals surface area contributed by atoms with Gasteiger partial charge in [-0.25, -0.2) is 9.37 Å². The fraction of sp³-hybridized carbons (Fsp3) is 0.167. The van der Waals surface area contributed by atoms with Crippen molar-refractivity contribution in [1.82, 2.24) is 20.0 Å². The second-order valence-electron chi connectivity index (χ2n) is 6.14. The van der Waals surface area contributed by atoms with E-state index < -0.39 is 17.6 Å². The Morgan fingerprint density at radius 1 is 1.11 bits per heavy atom. The van der Waals surface area contributed by atoms with Crippen molar-refractivity contribution in [3.8, 4) is 11.6 Å². The molecule has 27 heavy (non-hydrogen) atoms. The number of hydrogen-bond acceptors (Lipinski definition) is 7. The minimum atomic E-state index is -0.612. The maximum absolute atomic E-state index is 14.0. The van der Waals surface area contributed by atoms with Crippen LogP contribution in [0.15, 0.2) is 28.8 Å². The zero-order chi connectivity index (χ0) is 19.3. The first-order valence-electron chi connectivity index (χ1n) is 8.08. The van der Waals surface area contributed by atoms with Crippen molar-refractivity contribution >= 4 is 17.5 Å². The Morgan fingerprint density at radius 3 is 2.48 bits per heavy atom. The molecule has 4 rings (SSSR count). The molecule has 0 saturated carbocycles. The van der Waals surface area contributed by atoms with Crippen molar-refractivity contribution in [2.45, 2.75) is 20.4 Å². The van der Waals surface area contributed by atoms with E-state index in [-0.39, 0.29) is 40.5 Å². The molecule has 3 aromatic rings. The van der Waals surface area contributed by atoms with Gasteiger partial charge in [-0.05, 0) is 19.9 Å². The first kappa shape index (κ1) is 16.8. The Bertz CT molecular complexity index is 1110. The molecular weight excluding hydrogens is 353 g/mol. The monoisotopic (exact) mass is 367 g/mol. The number of carbonyl (C=O) groups is 2. The topological polar surface area (TPSA) is 115 Å². The number of halogens is 1. The smallest absolute Gasteiger partial charge is 0.278 e. The molecular formula is C18H14FN5O3. The quantitative estimate of drug-likeness (QED) is 0.706. The molecule has 2 N–H and O–H groups in total. The number of hydrogen-bond donors (Lipinski definition) is 1. The molecule has 3 heterocycles. The van der Waals surface area contributed by atoms with Gasteiger partial charge in [0.15, 0.2) is 11.5 Å². The van der Waals surface area contributed by atoms with Crippen LogP contribution in [-0.4, -0.2) is 31.8 Å². The van der Waals surface area contributed by atoms with Gasteiger partial charge in [0.05, 0.1) is 29.1 Å². The summed E-state index contributed by atoms with van der Waals surface area (Å²) in [6, 6.07) is 5.95. The van der Waals surface area contributed by atoms with Crippen molar-refractivity contribution < 1.29 is 18.5 Å². The van der Waals surface area contributed by atoms with Crippen LogP contribution in [0.3, 0.4) is 0 Å². The van der Waals surface area contributed by atoms with Gasteiger partial charge in [-0.1, -0.05) is 23.4 Å². The summed E-state index contributed by atoms with van der Waals surface area (Å²) in [7, 11) is 0. The molecule has 0 saturated heterocycles. The highest BCUT2D eigenvalue weighted by molar-refractivity contribution is 6.24. The van der Waals surface area contributed by atoms with Crippen LogP contribution in [0.4, 0.5) is 10.1 Å². The highest BCUT2D eigenvalue weighted by Crippen LogP contribution is 2.35. The number of rotatable bonds is 3. The molecule has 136 valence electrons. The third kappa shape index (κ3) is 2.55. The van der Waals surface area contributed by atoms with Gasteiger partial charge in [-0.2, -0.15) is 4.98 Å². The molecule has 0 atom stereocenters. The van der Waals surface area contributed by atoms with Gasteiger partial charge >= 0.3 is 0 Å². The number of nitrogen functional groups attached to an aromatic ring is 1. The number of aromatic nitrogens is 3. The van der Waals surface area contributed by atoms with Gasteiger partial charge in [0.2, 0.25) is 0 Å². The van der Waals surface area contributed by atoms with E-state index >= 15 is 0 Å². The summed E-state index contributed by atoms with van der Waals surface area (Å²) >= 11 is 0. The van der Waals surface area contributed by atoms with E-state index in [2.05, 4.69) is 15.1 Å². The fourth-order valence-electron chi connectivity index (χ4n) is 3.06. The van der Waals surface area contributed by atoms with Crippen molar-refractivity contribution in [3.63, 3.8) is 0 Å². The molecule has 1 aliphatic heterocycles. The van der Waals surface area contributed by atoms with Gasteiger partial charge in [0.1, 0.15) is 5.82 Å². The molecule has 0 radical (unpaired) electrons. The second kappa shape index (κ2) is 5.97. The number of benzene rings is 1. The van der Waals surface area contributed by atoms with E-state index in [1.54, 1.807) is 19.9 Å². The molecule has 0 bridgehead atoms. The average molecular weight is 367 g/mol. The lowest BCUT2D eigenvalue weighted by Gasteiger charge is -2.14. The van der Waals surface area contributed by atoms with Crippen LogP contribution < -0.4 is 5.73 Å². The summed E-state index contributed by atoms with van der Waals surface area (Å²) in [4.78, 5) is 35.0. The summed E-state index contributed by atoms with van der Waals surface area (Å²) in [5, 5.41) is 3.69. The summed E-state index contributed by atoms with van der Waals surface area (Å²) in [5.74, 6) is -1.24. The summed E-state index contributed by atoms with van der Waals surface area (Å²) in [6.45, 7) is 3.02. The van der Waals surface area contributed by atoms with E-state index in [4.69, 9.17) is 10.3 Å². The number of imide groups is 1. The normalized spacial score (nSPS) is 13.4. The van der Waals surface area contributed by atoms with Gasteiger partial charge in [0.25, 0.3) is 17.7 Å². The van der Waals surface area contributed by atoms with Crippen LogP contribution in [0, 0.1) is 19.7 Å². The van der Waals surface area contributed by atoms with Gasteiger partial charge < -0.3 is 10.3 Å². The number of anilines is 1. The van der Waals surface area contributed by atoms with Crippen LogP contribution in [0.5, 0.6) is 0 Å². The molecule has 0 spiro atoms. The van der Waals surface area contributed by atoms with Gasteiger partial charge in [-0.15, -0.1) is 0 Å². The lowest BCUT2D eigenvalue weighted by Crippen LogP contribution is -2.29. The molecule has 0 aliphatic carbocycles. The van der Waals surface area contributed by atoms with E-state index in [0.29, 0.717) is 11.5 Å². The van der Waals surface area contributed by atoms with Crippen LogP contribution >= 0.6 is 0 Å². The first-order chi connectivity index (χ1) is 12.9. The number of pyridine rings is 1. The zero-order valence-corrected chi connectivity index (χ0v) is 14.5. The summed E-state index contributed by atoms with van der Waals surface area (Å²) < 4.78 is 19.0. The number of amides is 2. The standard InChI is InChI=1S/C18H14FN5O3/c1-8-12-13(14(20)15(21-8)16-22-9(2)23-27-16)18(26)24(17(12)25)7-10-5-3-4-6-11(10)19/h3-6H,7,20H2,1-2H3. The lowest BCUT2D eigenvalue weighted by atomic mass is 10.0. The Hall–Kier alpha value is -3.62. The van der Waals surface area contributed by atoms with Gasteiger partial charge in [0, 0.05) is 5.56 Å². The summed E-state index contributed by atoms with van der Waals surface area (Å²) in [5.41, 5.74) is 6.90. The predicted octanol–water partition coefficient (Wildman–Crippen LogP) is 2.27. The van der Waals surface area contributed by atoms with Crippen molar-refractivity contribution in [3.05, 3.63) is 58.3 Å². The lowest BCUT2D eigenvalue weighted by molar-refractivity contribution is 0.0641. The molecule has 8 nitrogen and oxygen atoms in total. The Balaban J connectivity index is 1.80. The molecule has 9 heteroatoms. The fourth-order valence-corrected chi connectivity index (χ4v) is 3.06. The van der Waals surface area contributed by atoms with Crippen LogP contribution in [0.1, 0.15) is 37.8 Å². The van der Waals surface area contributed by atoms with E-state index in [1.165, 1.54) is 18.2 Å². The largest absolute Gasteiger partial charge is 0.396 e. The SMILES string of the molecule is Cc1noc(-c2nc(C)c3c(c2N)C(=O)N(Cc2ccccc2F)C3=O)n1. The molecule has 1 aromatic carbocycles. The minimum Gasteiger partial charge on any atom is -0.396 e. The van der Waals surface area contributed by atoms with E-state index in [9.17, 15) is 14.0 Å². The predicted molar refractivity (Wildman–Crippen MR) is 92.0 cm³/mol. The maximum Gasteiger partial charge on any atom is 0.278 e. The maximum atomic E-state index is 14.0. The molecule has 2 aromatic heterocycles. The van der Waals surface area contributed by atoms with Crippen LogP contribution in [0.25, 0.3) is 11.6 Å². The number of nitrogens with two attached hydrogens (primary N) is 1. The molecule has 2 amide bonds. The Kier molecular flexibility index (Phi) is 3.72. The van der Waals surface area contributed by atoms with Crippen molar-refractivity contribution in [2.75, 3.05) is 5.73 Å². The van der Waals surface area contributed by atoms with Crippen LogP contribution in [0.2, 0.25) is 0 Å². The number of fused-ring (bicyclic) bond motifs is 1. The Morgan fingerprint density at radius 2 is 1.81 bits per heavy atom. The number of nitrogens with zero attached hydrogens (tertiary/aromatic N) is 4. The molecule has 0 fully saturated rings. The highest BCUT2D eigenvalue weighted by Gasteiger charge is 2.41. The second-order valence-corrected chi connectivity index (χ2v) is 6.14. The zero-order valence-electron chi connectivity index (χ0n) is 14.5. The third-order valence-corrected chi connectivity index (χ3v) is 4.35. The average Bonchev–Trinajstić information content (AvgIpc) is 3.17. The highest BCUT2D eigenvalue weighted by atomic mass is 19.1. The van der Waals surface area contributed by atoms with E-state index in [0.717, 1.165) is 4.90 Å². The molecule has 0 unspecified atom stereocenters.